The Bertz CT molecular complexity index is 552. The highest BCUT2D eigenvalue weighted by Gasteiger charge is 2.38. The van der Waals surface area contributed by atoms with Gasteiger partial charge in [-0.05, 0) is 30.7 Å². The van der Waals surface area contributed by atoms with Gasteiger partial charge < -0.3 is 10.2 Å². The van der Waals surface area contributed by atoms with Gasteiger partial charge in [0.2, 0.25) is 11.8 Å². The van der Waals surface area contributed by atoms with Crippen LogP contribution in [0, 0.1) is 11.8 Å². The van der Waals surface area contributed by atoms with Gasteiger partial charge in [-0.25, -0.2) is 0 Å². The zero-order chi connectivity index (χ0) is 16.2. The number of rotatable bonds is 4. The van der Waals surface area contributed by atoms with Crippen molar-refractivity contribution in [3.63, 3.8) is 0 Å². The fourth-order valence-electron chi connectivity index (χ4n) is 4.01. The van der Waals surface area contributed by atoms with Crippen LogP contribution in [-0.2, 0) is 9.59 Å². The minimum absolute atomic E-state index is 0.102. The van der Waals surface area contributed by atoms with E-state index in [0.29, 0.717) is 18.8 Å². The van der Waals surface area contributed by atoms with Gasteiger partial charge in [0.1, 0.15) is 0 Å². The van der Waals surface area contributed by atoms with Crippen LogP contribution in [0.5, 0.6) is 0 Å². The molecule has 1 aliphatic carbocycles. The summed E-state index contributed by atoms with van der Waals surface area (Å²) in [5, 5.41) is 3.15. The molecule has 4 nitrogen and oxygen atoms in total. The summed E-state index contributed by atoms with van der Waals surface area (Å²) in [4.78, 5) is 26.6. The number of carbonyl (C=O) groups is 2. The lowest BCUT2D eigenvalue weighted by Gasteiger charge is -2.38. The fraction of sp³-hybridized carbons (Fsp3) is 0.579. The minimum atomic E-state index is -0.152. The third-order valence-electron chi connectivity index (χ3n) is 5.38. The van der Waals surface area contributed by atoms with Crippen LogP contribution in [0.4, 0.5) is 0 Å². The second-order valence-electron chi connectivity index (χ2n) is 6.90. The molecule has 23 heavy (non-hydrogen) atoms. The van der Waals surface area contributed by atoms with Crippen molar-refractivity contribution >= 4 is 11.8 Å². The van der Waals surface area contributed by atoms with Crippen LogP contribution in [-0.4, -0.2) is 30.3 Å². The van der Waals surface area contributed by atoms with Gasteiger partial charge in [0, 0.05) is 20.0 Å². The van der Waals surface area contributed by atoms with E-state index < -0.39 is 0 Å². The molecule has 2 unspecified atom stereocenters. The highest BCUT2D eigenvalue weighted by atomic mass is 16.2. The van der Waals surface area contributed by atoms with Crippen LogP contribution in [0.2, 0.25) is 0 Å². The standard InChI is InChI=1S/C19H26N2O2/c1-21-17(22)12-11-16(18(21)15-9-3-2-4-10-15)19(23)20-13-14-7-5-6-8-14/h2-4,9-10,14,16,18H,5-8,11-13H2,1H3,(H,20,23). The normalized spacial score (nSPS) is 25.6. The van der Waals surface area contributed by atoms with Gasteiger partial charge in [-0.3, -0.25) is 9.59 Å². The predicted octanol–water partition coefficient (Wildman–Crippen LogP) is 2.90. The Morgan fingerprint density at radius 1 is 1.17 bits per heavy atom. The molecule has 2 aliphatic rings. The molecule has 124 valence electrons. The molecule has 1 heterocycles. The van der Waals surface area contributed by atoms with E-state index in [-0.39, 0.29) is 23.8 Å². The van der Waals surface area contributed by atoms with Crippen molar-refractivity contribution in [3.8, 4) is 0 Å². The summed E-state index contributed by atoms with van der Waals surface area (Å²) in [6, 6.07) is 9.77. The zero-order valence-electron chi connectivity index (χ0n) is 13.8. The van der Waals surface area contributed by atoms with Gasteiger partial charge >= 0.3 is 0 Å². The molecule has 1 N–H and O–H groups in total. The van der Waals surface area contributed by atoms with Crippen LogP contribution < -0.4 is 5.32 Å². The number of carbonyl (C=O) groups excluding carboxylic acids is 2. The van der Waals surface area contributed by atoms with Gasteiger partial charge in [0.05, 0.1) is 12.0 Å². The maximum absolute atomic E-state index is 12.7. The predicted molar refractivity (Wildman–Crippen MR) is 89.6 cm³/mol. The number of piperidine rings is 1. The fourth-order valence-corrected chi connectivity index (χ4v) is 4.01. The second kappa shape index (κ2) is 7.16. The minimum Gasteiger partial charge on any atom is -0.356 e. The van der Waals surface area contributed by atoms with Crippen molar-refractivity contribution in [2.24, 2.45) is 11.8 Å². The summed E-state index contributed by atoms with van der Waals surface area (Å²) in [5.41, 5.74) is 1.05. The number of likely N-dealkylation sites (tertiary alicyclic amines) is 1. The van der Waals surface area contributed by atoms with E-state index >= 15 is 0 Å². The molecule has 0 spiro atoms. The molecule has 4 heteroatoms. The molecule has 0 aromatic heterocycles. The highest BCUT2D eigenvalue weighted by molar-refractivity contribution is 5.84. The highest BCUT2D eigenvalue weighted by Crippen LogP contribution is 2.36. The summed E-state index contributed by atoms with van der Waals surface area (Å²) in [5.74, 6) is 0.711. The summed E-state index contributed by atoms with van der Waals surface area (Å²) < 4.78 is 0. The van der Waals surface area contributed by atoms with Crippen molar-refractivity contribution in [3.05, 3.63) is 35.9 Å². The Balaban J connectivity index is 1.72. The number of nitrogens with one attached hydrogen (secondary N) is 1. The van der Waals surface area contributed by atoms with E-state index in [2.05, 4.69) is 5.32 Å². The third-order valence-corrected chi connectivity index (χ3v) is 5.38. The van der Waals surface area contributed by atoms with Crippen molar-refractivity contribution in [1.82, 2.24) is 10.2 Å². The van der Waals surface area contributed by atoms with Crippen molar-refractivity contribution in [2.75, 3.05) is 13.6 Å². The average molecular weight is 314 g/mol. The molecular weight excluding hydrogens is 288 g/mol. The third kappa shape index (κ3) is 3.57. The lowest BCUT2D eigenvalue weighted by Crippen LogP contribution is -2.47. The molecular formula is C19H26N2O2. The Labute approximate surface area is 138 Å². The first-order chi connectivity index (χ1) is 11.2. The number of hydrogen-bond acceptors (Lipinski definition) is 2. The molecule has 3 rings (SSSR count). The molecule has 2 fully saturated rings. The number of benzene rings is 1. The molecule has 1 aromatic carbocycles. The molecule has 0 radical (unpaired) electrons. The molecule has 1 aromatic rings. The lowest BCUT2D eigenvalue weighted by atomic mass is 9.84. The van der Waals surface area contributed by atoms with E-state index in [1.165, 1.54) is 25.7 Å². The summed E-state index contributed by atoms with van der Waals surface area (Å²) >= 11 is 0. The maximum Gasteiger partial charge on any atom is 0.225 e. The molecule has 2 amide bonds. The quantitative estimate of drug-likeness (QED) is 0.929. The van der Waals surface area contributed by atoms with Crippen LogP contribution in [0.25, 0.3) is 0 Å². The Kier molecular flexibility index (Phi) is 4.99. The van der Waals surface area contributed by atoms with Gasteiger partial charge in [-0.1, -0.05) is 43.2 Å². The van der Waals surface area contributed by atoms with Crippen molar-refractivity contribution < 1.29 is 9.59 Å². The number of nitrogens with zero attached hydrogens (tertiary/aromatic N) is 1. The van der Waals surface area contributed by atoms with E-state index in [9.17, 15) is 9.59 Å². The lowest BCUT2D eigenvalue weighted by molar-refractivity contribution is -0.141. The largest absolute Gasteiger partial charge is 0.356 e. The molecule has 0 bridgehead atoms. The van der Waals surface area contributed by atoms with Gasteiger partial charge in [0.15, 0.2) is 0 Å². The van der Waals surface area contributed by atoms with Crippen LogP contribution >= 0.6 is 0 Å². The van der Waals surface area contributed by atoms with Crippen LogP contribution in [0.15, 0.2) is 30.3 Å². The maximum atomic E-state index is 12.7. The summed E-state index contributed by atoms with van der Waals surface area (Å²) in [6.45, 7) is 0.786. The monoisotopic (exact) mass is 314 g/mol. The topological polar surface area (TPSA) is 49.4 Å². The SMILES string of the molecule is CN1C(=O)CCC(C(=O)NCC2CCCC2)C1c1ccccc1. The Morgan fingerprint density at radius 2 is 1.87 bits per heavy atom. The number of hydrogen-bond donors (Lipinski definition) is 1. The Morgan fingerprint density at radius 3 is 2.57 bits per heavy atom. The zero-order valence-corrected chi connectivity index (χ0v) is 13.8. The molecule has 1 saturated heterocycles. The van der Waals surface area contributed by atoms with Crippen molar-refractivity contribution in [2.45, 2.75) is 44.6 Å². The van der Waals surface area contributed by atoms with E-state index in [4.69, 9.17) is 0 Å². The van der Waals surface area contributed by atoms with E-state index in [1.807, 2.05) is 37.4 Å². The first-order valence-electron chi connectivity index (χ1n) is 8.75. The molecule has 2 atom stereocenters. The van der Waals surface area contributed by atoms with Gasteiger partial charge in [-0.15, -0.1) is 0 Å². The van der Waals surface area contributed by atoms with Crippen molar-refractivity contribution in [1.29, 1.82) is 0 Å². The summed E-state index contributed by atoms with van der Waals surface area (Å²) in [6.07, 6.45) is 6.12. The smallest absolute Gasteiger partial charge is 0.225 e. The molecule has 1 aliphatic heterocycles. The molecule has 1 saturated carbocycles. The van der Waals surface area contributed by atoms with Crippen LogP contribution in [0.1, 0.15) is 50.1 Å². The first kappa shape index (κ1) is 16.0. The van der Waals surface area contributed by atoms with Gasteiger partial charge in [0.25, 0.3) is 0 Å². The van der Waals surface area contributed by atoms with Gasteiger partial charge in [-0.2, -0.15) is 0 Å². The average Bonchev–Trinajstić information content (AvgIpc) is 3.09. The van der Waals surface area contributed by atoms with E-state index in [0.717, 1.165) is 12.1 Å². The number of amides is 2. The van der Waals surface area contributed by atoms with E-state index in [1.54, 1.807) is 4.90 Å². The van der Waals surface area contributed by atoms with Crippen LogP contribution in [0.3, 0.4) is 0 Å². The summed E-state index contributed by atoms with van der Waals surface area (Å²) in [7, 11) is 1.82. The Hall–Kier alpha value is -1.84. The second-order valence-corrected chi connectivity index (χ2v) is 6.90. The first-order valence-corrected chi connectivity index (χ1v) is 8.75.